The lowest BCUT2D eigenvalue weighted by Gasteiger charge is -2.38. The van der Waals surface area contributed by atoms with Gasteiger partial charge in [0.25, 0.3) is 0 Å². The molecule has 3 fully saturated rings. The van der Waals surface area contributed by atoms with E-state index in [4.69, 9.17) is 23.7 Å². The minimum atomic E-state index is -1.14. The molecule has 0 saturated carbocycles. The Balaban J connectivity index is 1.88. The zero-order valence-corrected chi connectivity index (χ0v) is 11.1. The van der Waals surface area contributed by atoms with Crippen molar-refractivity contribution in [2.45, 2.75) is 63.4 Å². The number of hydrogen-bond donors (Lipinski definition) is 1. The van der Waals surface area contributed by atoms with Crippen LogP contribution in [0.25, 0.3) is 0 Å². The van der Waals surface area contributed by atoms with Gasteiger partial charge in [-0.15, -0.1) is 0 Å². The van der Waals surface area contributed by atoms with Crippen molar-refractivity contribution in [1.82, 2.24) is 0 Å². The highest BCUT2D eigenvalue weighted by Gasteiger charge is 2.67. The molecule has 0 radical (unpaired) electrons. The summed E-state index contributed by atoms with van der Waals surface area (Å²) in [7, 11) is 0. The van der Waals surface area contributed by atoms with Crippen molar-refractivity contribution in [3.63, 3.8) is 0 Å². The first kappa shape index (κ1) is 12.8. The van der Waals surface area contributed by atoms with E-state index in [2.05, 4.69) is 0 Å². The molecule has 2 unspecified atom stereocenters. The molecule has 4 atom stereocenters. The van der Waals surface area contributed by atoms with Crippen molar-refractivity contribution in [2.75, 3.05) is 13.2 Å². The van der Waals surface area contributed by atoms with Crippen molar-refractivity contribution in [1.29, 1.82) is 0 Å². The molecule has 104 valence electrons. The summed E-state index contributed by atoms with van der Waals surface area (Å²) < 4.78 is 28.8. The van der Waals surface area contributed by atoms with E-state index in [1.807, 2.05) is 13.8 Å². The maximum atomic E-state index is 9.61. The molecule has 6 nitrogen and oxygen atoms in total. The average molecular weight is 260 g/mol. The second kappa shape index (κ2) is 3.65. The van der Waals surface area contributed by atoms with Crippen molar-refractivity contribution in [3.8, 4) is 0 Å². The predicted octanol–water partition coefficient (Wildman–Crippen LogP) is 0.377. The number of aliphatic hydroxyl groups is 1. The van der Waals surface area contributed by atoms with Gasteiger partial charge in [0.05, 0.1) is 6.61 Å². The van der Waals surface area contributed by atoms with Gasteiger partial charge in [-0.3, -0.25) is 0 Å². The Morgan fingerprint density at radius 1 is 1.06 bits per heavy atom. The van der Waals surface area contributed by atoms with E-state index >= 15 is 0 Å². The van der Waals surface area contributed by atoms with Gasteiger partial charge in [-0.1, -0.05) is 0 Å². The van der Waals surface area contributed by atoms with Crippen LogP contribution in [-0.2, 0) is 23.7 Å². The Hall–Kier alpha value is -0.240. The number of rotatable bonds is 1. The molecule has 6 heteroatoms. The first-order valence-corrected chi connectivity index (χ1v) is 6.25. The largest absolute Gasteiger partial charge is 0.391 e. The molecular formula is C12H20O6. The lowest BCUT2D eigenvalue weighted by molar-refractivity contribution is -0.330. The van der Waals surface area contributed by atoms with Crippen molar-refractivity contribution in [2.24, 2.45) is 0 Å². The van der Waals surface area contributed by atoms with Gasteiger partial charge in [0.1, 0.15) is 24.9 Å². The summed E-state index contributed by atoms with van der Waals surface area (Å²) in [6, 6.07) is 0. The summed E-state index contributed by atoms with van der Waals surface area (Å²) in [4.78, 5) is 0. The summed E-state index contributed by atoms with van der Waals surface area (Å²) >= 11 is 0. The molecule has 0 aliphatic carbocycles. The van der Waals surface area contributed by atoms with Gasteiger partial charge in [-0.05, 0) is 27.7 Å². The Labute approximate surface area is 106 Å². The highest BCUT2D eigenvalue weighted by atomic mass is 16.9. The number of hydrogen-bond acceptors (Lipinski definition) is 6. The number of ether oxygens (including phenoxy) is 5. The molecule has 0 bridgehead atoms. The van der Waals surface area contributed by atoms with Crippen molar-refractivity contribution in [3.05, 3.63) is 0 Å². The summed E-state index contributed by atoms with van der Waals surface area (Å²) in [6.07, 6.45) is -1.00. The molecule has 0 spiro atoms. The van der Waals surface area contributed by atoms with Gasteiger partial charge in [0.2, 0.25) is 5.79 Å². The van der Waals surface area contributed by atoms with Crippen LogP contribution in [0.1, 0.15) is 27.7 Å². The first-order chi connectivity index (χ1) is 8.27. The molecule has 3 aliphatic heterocycles. The van der Waals surface area contributed by atoms with Crippen LogP contribution < -0.4 is 0 Å². The van der Waals surface area contributed by atoms with Gasteiger partial charge in [-0.2, -0.15) is 0 Å². The third kappa shape index (κ3) is 1.79. The Morgan fingerprint density at radius 2 is 1.78 bits per heavy atom. The summed E-state index contributed by atoms with van der Waals surface area (Å²) in [5.41, 5.74) is 0. The molecular weight excluding hydrogens is 240 g/mol. The average Bonchev–Trinajstić information content (AvgIpc) is 2.66. The molecule has 3 saturated heterocycles. The fourth-order valence-electron chi connectivity index (χ4n) is 2.89. The molecule has 18 heavy (non-hydrogen) atoms. The SMILES string of the molecule is CC1(C)OC[C@@H]2O[C@@]3(CO)OC(C)(C)OC3C2O1. The van der Waals surface area contributed by atoms with Crippen molar-refractivity contribution < 1.29 is 28.8 Å². The highest BCUT2D eigenvalue weighted by Crippen LogP contribution is 2.48. The van der Waals surface area contributed by atoms with Crippen LogP contribution in [0.3, 0.4) is 0 Å². The standard InChI is InChI=1S/C12H20O6/c1-10(2)14-5-7-8(16-10)9-12(6-13,15-7)18-11(3,4)17-9/h7-9,13H,5-6H2,1-4H3/t7-,8?,9?,12-/m0/s1. The maximum Gasteiger partial charge on any atom is 0.224 e. The molecule has 0 aromatic carbocycles. The monoisotopic (exact) mass is 260 g/mol. The van der Waals surface area contributed by atoms with Crippen LogP contribution in [0.4, 0.5) is 0 Å². The summed E-state index contributed by atoms with van der Waals surface area (Å²) in [5, 5.41) is 9.61. The van der Waals surface area contributed by atoms with E-state index in [0.717, 1.165) is 0 Å². The van der Waals surface area contributed by atoms with Crippen LogP contribution >= 0.6 is 0 Å². The van der Waals surface area contributed by atoms with Gasteiger partial charge >= 0.3 is 0 Å². The fourth-order valence-corrected chi connectivity index (χ4v) is 2.89. The van der Waals surface area contributed by atoms with E-state index in [9.17, 15) is 5.11 Å². The summed E-state index contributed by atoms with van der Waals surface area (Å²) in [5.74, 6) is -2.60. The zero-order valence-electron chi connectivity index (χ0n) is 11.1. The highest BCUT2D eigenvalue weighted by molar-refractivity contribution is 5.04. The van der Waals surface area contributed by atoms with Crippen LogP contribution in [-0.4, -0.2) is 54.0 Å². The first-order valence-electron chi connectivity index (χ1n) is 6.25. The van der Waals surface area contributed by atoms with Gasteiger partial charge < -0.3 is 28.8 Å². The molecule has 1 N–H and O–H groups in total. The molecule has 0 aromatic heterocycles. The quantitative estimate of drug-likeness (QED) is 0.735. The van der Waals surface area contributed by atoms with Gasteiger partial charge in [-0.25, -0.2) is 0 Å². The smallest absolute Gasteiger partial charge is 0.224 e. The molecule has 3 aliphatic rings. The lowest BCUT2D eigenvalue weighted by atomic mass is 10.0. The normalized spacial score (nSPS) is 48.8. The second-order valence-corrected chi connectivity index (χ2v) is 5.96. The fraction of sp³-hybridized carbons (Fsp3) is 1.00. The van der Waals surface area contributed by atoms with E-state index in [1.54, 1.807) is 13.8 Å². The number of aliphatic hydroxyl groups excluding tert-OH is 1. The van der Waals surface area contributed by atoms with Gasteiger partial charge in [0.15, 0.2) is 11.6 Å². The molecule has 3 rings (SSSR count). The Bertz CT molecular complexity index is 354. The number of fused-ring (bicyclic) bond motifs is 3. The molecule has 0 amide bonds. The van der Waals surface area contributed by atoms with E-state index < -0.39 is 23.5 Å². The van der Waals surface area contributed by atoms with E-state index in [1.165, 1.54) is 0 Å². The lowest BCUT2D eigenvalue weighted by Crippen LogP contribution is -2.51. The van der Waals surface area contributed by atoms with Gasteiger partial charge in [0, 0.05) is 0 Å². The van der Waals surface area contributed by atoms with Crippen LogP contribution in [0.15, 0.2) is 0 Å². The molecule has 0 aromatic rings. The Morgan fingerprint density at radius 3 is 2.44 bits per heavy atom. The van der Waals surface area contributed by atoms with Crippen molar-refractivity contribution >= 4 is 0 Å². The minimum absolute atomic E-state index is 0.266. The predicted molar refractivity (Wildman–Crippen MR) is 59.6 cm³/mol. The topological polar surface area (TPSA) is 66.4 Å². The van der Waals surface area contributed by atoms with Crippen LogP contribution in [0.5, 0.6) is 0 Å². The third-order valence-corrected chi connectivity index (χ3v) is 3.51. The second-order valence-electron chi connectivity index (χ2n) is 5.96. The zero-order chi connectivity index (χ0) is 13.2. The molecule has 3 heterocycles. The van der Waals surface area contributed by atoms with E-state index in [-0.39, 0.29) is 18.8 Å². The Kier molecular flexibility index (Phi) is 2.59. The summed E-state index contributed by atoms with van der Waals surface area (Å²) in [6.45, 7) is 7.43. The van der Waals surface area contributed by atoms with E-state index in [0.29, 0.717) is 6.61 Å². The third-order valence-electron chi connectivity index (χ3n) is 3.51. The van der Waals surface area contributed by atoms with Crippen LogP contribution in [0, 0.1) is 0 Å². The van der Waals surface area contributed by atoms with Crippen LogP contribution in [0.2, 0.25) is 0 Å². The maximum absolute atomic E-state index is 9.61. The minimum Gasteiger partial charge on any atom is -0.391 e.